The van der Waals surface area contributed by atoms with Gasteiger partial charge in [-0.1, -0.05) is 25.4 Å². The normalized spacial score (nSPS) is 10.7. The first kappa shape index (κ1) is 11.2. The van der Waals surface area contributed by atoms with Crippen LogP contribution in [0.5, 0.6) is 0 Å². The fraction of sp³-hybridized carbons (Fsp3) is 0.500. The van der Waals surface area contributed by atoms with Gasteiger partial charge in [-0.15, -0.1) is 0 Å². The zero-order valence-corrected chi connectivity index (χ0v) is 9.35. The lowest BCUT2D eigenvalue weighted by molar-refractivity contribution is 0.591. The summed E-state index contributed by atoms with van der Waals surface area (Å²) in [6, 6.07) is 1.28. The molecule has 2 nitrogen and oxygen atoms in total. The highest BCUT2D eigenvalue weighted by Gasteiger charge is 2.10. The molecule has 1 heterocycles. The summed E-state index contributed by atoms with van der Waals surface area (Å²) in [5.41, 5.74) is 0. The number of nitrogens with zero attached hydrogens (tertiary/aromatic N) is 2. The molecule has 0 aromatic carbocycles. The fourth-order valence-corrected chi connectivity index (χ4v) is 1.47. The van der Waals surface area contributed by atoms with Crippen LogP contribution in [0.3, 0.4) is 0 Å². The molecule has 0 amide bonds. The van der Waals surface area contributed by atoms with E-state index >= 15 is 0 Å². The Hall–Kier alpha value is -0.830. The number of hydrogen-bond donors (Lipinski definition) is 0. The number of hydrogen-bond acceptors (Lipinski definition) is 2. The molecule has 0 bridgehead atoms. The van der Waals surface area contributed by atoms with Crippen molar-refractivity contribution in [1.82, 2.24) is 4.98 Å². The third-order valence-electron chi connectivity index (χ3n) is 1.79. The molecule has 4 heteroatoms. The maximum atomic E-state index is 13.4. The average molecular weight is 217 g/mol. The van der Waals surface area contributed by atoms with Crippen LogP contribution in [-0.4, -0.2) is 18.6 Å². The smallest absolute Gasteiger partial charge is 0.167 e. The molecule has 0 aliphatic carbocycles. The second-order valence-electron chi connectivity index (χ2n) is 3.73. The van der Waals surface area contributed by atoms with Crippen molar-refractivity contribution in [3.63, 3.8) is 0 Å². The highest BCUT2D eigenvalue weighted by atomic mass is 35.5. The molecule has 14 heavy (non-hydrogen) atoms. The van der Waals surface area contributed by atoms with E-state index in [-0.39, 0.29) is 5.82 Å². The van der Waals surface area contributed by atoms with Crippen molar-refractivity contribution >= 4 is 17.4 Å². The van der Waals surface area contributed by atoms with Gasteiger partial charge in [0.15, 0.2) is 11.6 Å². The quantitative estimate of drug-likeness (QED) is 0.772. The van der Waals surface area contributed by atoms with Crippen molar-refractivity contribution in [2.45, 2.75) is 13.8 Å². The first-order chi connectivity index (χ1) is 6.50. The first-order valence-corrected chi connectivity index (χ1v) is 4.90. The number of pyridine rings is 1. The zero-order valence-electron chi connectivity index (χ0n) is 8.59. The zero-order chi connectivity index (χ0) is 10.7. The Balaban J connectivity index is 2.84. The van der Waals surface area contributed by atoms with E-state index in [4.69, 9.17) is 11.6 Å². The molecule has 1 rings (SSSR count). The van der Waals surface area contributed by atoms with E-state index < -0.39 is 0 Å². The molecular formula is C10H14ClFN2. The van der Waals surface area contributed by atoms with Crippen molar-refractivity contribution in [3.05, 3.63) is 23.1 Å². The van der Waals surface area contributed by atoms with Crippen LogP contribution < -0.4 is 4.90 Å². The number of aromatic nitrogens is 1. The maximum Gasteiger partial charge on any atom is 0.167 e. The fourth-order valence-electron chi connectivity index (χ4n) is 1.32. The van der Waals surface area contributed by atoms with E-state index in [1.807, 2.05) is 7.05 Å². The minimum Gasteiger partial charge on any atom is -0.357 e. The van der Waals surface area contributed by atoms with E-state index in [0.717, 1.165) is 6.54 Å². The maximum absolute atomic E-state index is 13.4. The lowest BCUT2D eigenvalue weighted by Crippen LogP contribution is -2.24. The van der Waals surface area contributed by atoms with E-state index in [2.05, 4.69) is 18.8 Å². The molecular weight excluding hydrogens is 203 g/mol. The van der Waals surface area contributed by atoms with Crippen molar-refractivity contribution in [1.29, 1.82) is 0 Å². The Kier molecular flexibility index (Phi) is 3.69. The van der Waals surface area contributed by atoms with Gasteiger partial charge in [-0.05, 0) is 12.0 Å². The largest absolute Gasteiger partial charge is 0.357 e. The van der Waals surface area contributed by atoms with Crippen molar-refractivity contribution in [3.8, 4) is 0 Å². The minimum absolute atomic E-state index is 0.323. The second-order valence-corrected chi connectivity index (χ2v) is 4.17. The third-order valence-corrected chi connectivity index (χ3v) is 2.00. The van der Waals surface area contributed by atoms with Crippen molar-refractivity contribution in [2.24, 2.45) is 5.92 Å². The SMILES string of the molecule is CC(C)CN(C)c1ncc(Cl)cc1F. The van der Waals surface area contributed by atoms with E-state index in [9.17, 15) is 4.39 Å². The van der Waals surface area contributed by atoms with Gasteiger partial charge in [-0.2, -0.15) is 0 Å². The summed E-state index contributed by atoms with van der Waals surface area (Å²) in [6.07, 6.45) is 1.46. The molecule has 0 saturated carbocycles. The molecule has 0 aliphatic heterocycles. The van der Waals surface area contributed by atoms with Gasteiger partial charge in [0, 0.05) is 19.8 Å². The Bertz CT molecular complexity index is 315. The number of halogens is 2. The Labute approximate surface area is 88.7 Å². The van der Waals surface area contributed by atoms with Crippen LogP contribution in [0.2, 0.25) is 5.02 Å². The van der Waals surface area contributed by atoms with Crippen LogP contribution in [0, 0.1) is 11.7 Å². The minimum atomic E-state index is -0.374. The van der Waals surface area contributed by atoms with Crippen LogP contribution in [0.1, 0.15) is 13.8 Å². The number of anilines is 1. The van der Waals surface area contributed by atoms with Gasteiger partial charge in [-0.25, -0.2) is 9.37 Å². The third kappa shape index (κ3) is 2.84. The first-order valence-electron chi connectivity index (χ1n) is 4.53. The van der Waals surface area contributed by atoms with Gasteiger partial charge >= 0.3 is 0 Å². The van der Waals surface area contributed by atoms with Crippen LogP contribution >= 0.6 is 11.6 Å². The van der Waals surface area contributed by atoms with Gasteiger partial charge in [0.1, 0.15) is 0 Å². The molecule has 0 aliphatic rings. The van der Waals surface area contributed by atoms with Crippen LogP contribution in [0.25, 0.3) is 0 Å². The standard InChI is InChI=1S/C10H14ClFN2/c1-7(2)6-14(3)10-9(12)4-8(11)5-13-10/h4-5,7H,6H2,1-3H3. The lowest BCUT2D eigenvalue weighted by atomic mass is 10.2. The molecule has 0 unspecified atom stereocenters. The monoisotopic (exact) mass is 216 g/mol. The molecule has 1 aromatic heterocycles. The van der Waals surface area contributed by atoms with E-state index in [1.54, 1.807) is 4.90 Å². The Morgan fingerprint density at radius 3 is 2.71 bits per heavy atom. The van der Waals surface area contributed by atoms with Gasteiger partial charge in [0.2, 0.25) is 0 Å². The molecule has 0 spiro atoms. The van der Waals surface area contributed by atoms with Gasteiger partial charge in [-0.3, -0.25) is 0 Å². The average Bonchev–Trinajstić information content (AvgIpc) is 2.01. The summed E-state index contributed by atoms with van der Waals surface area (Å²) in [5.74, 6) is 0.445. The van der Waals surface area contributed by atoms with Crippen LogP contribution in [-0.2, 0) is 0 Å². The predicted octanol–water partition coefficient (Wildman–Crippen LogP) is 2.97. The topological polar surface area (TPSA) is 16.1 Å². The molecule has 0 atom stereocenters. The van der Waals surface area contributed by atoms with Gasteiger partial charge in [0.05, 0.1) is 5.02 Å². The summed E-state index contributed by atoms with van der Waals surface area (Å²) in [4.78, 5) is 5.74. The van der Waals surface area contributed by atoms with Gasteiger partial charge in [0.25, 0.3) is 0 Å². The highest BCUT2D eigenvalue weighted by molar-refractivity contribution is 6.30. The molecule has 0 saturated heterocycles. The van der Waals surface area contributed by atoms with Crippen LogP contribution in [0.4, 0.5) is 10.2 Å². The molecule has 78 valence electrons. The van der Waals surface area contributed by atoms with E-state index in [1.165, 1.54) is 12.3 Å². The molecule has 1 aromatic rings. The van der Waals surface area contributed by atoms with Crippen LogP contribution in [0.15, 0.2) is 12.3 Å². The highest BCUT2D eigenvalue weighted by Crippen LogP contribution is 2.19. The second kappa shape index (κ2) is 4.60. The molecule has 0 fully saturated rings. The van der Waals surface area contributed by atoms with Crippen molar-refractivity contribution < 1.29 is 4.39 Å². The lowest BCUT2D eigenvalue weighted by Gasteiger charge is -2.20. The summed E-state index contributed by atoms with van der Waals surface area (Å²) in [7, 11) is 1.82. The number of rotatable bonds is 3. The van der Waals surface area contributed by atoms with Gasteiger partial charge < -0.3 is 4.90 Å². The summed E-state index contributed by atoms with van der Waals surface area (Å²) < 4.78 is 13.4. The Morgan fingerprint density at radius 2 is 2.21 bits per heavy atom. The molecule has 0 radical (unpaired) electrons. The molecule has 0 N–H and O–H groups in total. The summed E-state index contributed by atoms with van der Waals surface area (Å²) in [5, 5.41) is 0.323. The Morgan fingerprint density at radius 1 is 1.57 bits per heavy atom. The summed E-state index contributed by atoms with van der Waals surface area (Å²) in [6.45, 7) is 4.92. The summed E-state index contributed by atoms with van der Waals surface area (Å²) >= 11 is 5.61. The van der Waals surface area contributed by atoms with E-state index in [0.29, 0.717) is 16.8 Å². The predicted molar refractivity (Wildman–Crippen MR) is 57.3 cm³/mol. The van der Waals surface area contributed by atoms with Crippen molar-refractivity contribution in [2.75, 3.05) is 18.5 Å².